The summed E-state index contributed by atoms with van der Waals surface area (Å²) in [5, 5.41) is 0. The molecule has 256 valence electrons. The van der Waals surface area contributed by atoms with Crippen LogP contribution < -0.4 is 11.5 Å². The number of rotatable bonds is 8. The smallest absolute Gasteiger partial charge is 0.302 e. The molecule has 0 aromatic carbocycles. The van der Waals surface area contributed by atoms with Crippen molar-refractivity contribution in [1.29, 1.82) is 0 Å². The molecular weight excluding hydrogens is 564 g/mol. The molecule has 7 nitrogen and oxygen atoms in total. The lowest BCUT2D eigenvalue weighted by molar-refractivity contribution is -0.268. The zero-order chi connectivity index (χ0) is 33.5. The SMILES string of the molecule is CC(=O)O[C@@H]1C[C@@]23COCC(C)([C@H]1OC[C@@](C)(N)C(C)C)[C@@H]2CC[C@H]1C3=CC[C@@]2(C)[C@H](C(N)=O)[C@@](C)([C@H](C)C(C)C)CC[C@]12C. The van der Waals surface area contributed by atoms with Crippen molar-refractivity contribution < 1.29 is 23.8 Å². The van der Waals surface area contributed by atoms with Crippen molar-refractivity contribution >= 4 is 11.9 Å². The predicted molar refractivity (Wildman–Crippen MR) is 178 cm³/mol. The maximum atomic E-state index is 13.6. The van der Waals surface area contributed by atoms with E-state index in [0.29, 0.717) is 49.9 Å². The topological polar surface area (TPSA) is 114 Å². The summed E-state index contributed by atoms with van der Waals surface area (Å²) in [6.45, 7) is 25.7. The molecule has 4 aliphatic carbocycles. The first-order chi connectivity index (χ1) is 20.7. The zero-order valence-corrected chi connectivity index (χ0v) is 30.3. The van der Waals surface area contributed by atoms with Gasteiger partial charge in [0.05, 0.1) is 19.8 Å². The van der Waals surface area contributed by atoms with E-state index in [4.69, 9.17) is 25.7 Å². The van der Waals surface area contributed by atoms with E-state index in [2.05, 4.69) is 68.4 Å². The van der Waals surface area contributed by atoms with Gasteiger partial charge in [-0.3, -0.25) is 9.59 Å². The molecule has 12 atom stereocenters. The van der Waals surface area contributed by atoms with Crippen LogP contribution in [0.5, 0.6) is 0 Å². The molecular formula is C38H64N2O5. The number of amides is 1. The minimum absolute atomic E-state index is 0.0799. The standard InChI is InChI=1S/C38H64N2O5/c1-22(2)24(5)33(7)16-17-35(9)26-12-13-29-34(8)19-43-21-38(29,27(26)14-15-36(35,10)30(33)32(39)42)18-28(45-25(6)41)31(34)44-20-37(11,40)23(3)4/h14,22-24,26,28-31H,12-13,15-21,40H2,1-11H3,(H2,39,42)/t24-,26+,28-,29+,30-,31+,33-,34?,35-,36+,37-,38+/m1/s1. The lowest BCUT2D eigenvalue weighted by Gasteiger charge is -2.71. The summed E-state index contributed by atoms with van der Waals surface area (Å²) in [4.78, 5) is 26.2. The van der Waals surface area contributed by atoms with E-state index in [-0.39, 0.29) is 63.0 Å². The fourth-order valence-corrected chi connectivity index (χ4v) is 11.7. The molecule has 4 N–H and O–H groups in total. The number of fused-ring (bicyclic) bond motifs is 3. The predicted octanol–water partition coefficient (Wildman–Crippen LogP) is 6.67. The first-order valence-corrected chi connectivity index (χ1v) is 17.9. The van der Waals surface area contributed by atoms with Gasteiger partial charge in [0.15, 0.2) is 0 Å². The Kier molecular flexibility index (Phi) is 8.78. The Morgan fingerprint density at radius 3 is 2.29 bits per heavy atom. The van der Waals surface area contributed by atoms with Crippen LogP contribution in [0.15, 0.2) is 11.6 Å². The molecule has 5 aliphatic rings. The van der Waals surface area contributed by atoms with Gasteiger partial charge in [0.2, 0.25) is 5.91 Å². The van der Waals surface area contributed by atoms with E-state index < -0.39 is 5.54 Å². The van der Waals surface area contributed by atoms with Crippen LogP contribution in [0.4, 0.5) is 0 Å². The van der Waals surface area contributed by atoms with E-state index in [1.807, 2.05) is 6.92 Å². The van der Waals surface area contributed by atoms with Gasteiger partial charge in [-0.25, -0.2) is 0 Å². The van der Waals surface area contributed by atoms with Crippen LogP contribution in [-0.2, 0) is 23.8 Å². The average Bonchev–Trinajstić information content (AvgIpc) is 2.92. The van der Waals surface area contributed by atoms with Crippen molar-refractivity contribution in [2.24, 2.45) is 74.0 Å². The Hall–Kier alpha value is -1.44. The van der Waals surface area contributed by atoms with E-state index in [9.17, 15) is 9.59 Å². The molecule has 0 aromatic rings. The monoisotopic (exact) mass is 628 g/mol. The zero-order valence-electron chi connectivity index (χ0n) is 30.3. The highest BCUT2D eigenvalue weighted by Crippen LogP contribution is 2.75. The summed E-state index contributed by atoms with van der Waals surface area (Å²) in [5.41, 5.74) is 13.0. The number of carbonyl (C=O) groups is 2. The quantitative estimate of drug-likeness (QED) is 0.229. The molecule has 7 heteroatoms. The van der Waals surface area contributed by atoms with E-state index in [1.165, 1.54) is 12.5 Å². The van der Waals surface area contributed by atoms with Crippen LogP contribution in [0.2, 0.25) is 0 Å². The van der Waals surface area contributed by atoms with E-state index >= 15 is 0 Å². The molecule has 0 aromatic heterocycles. The van der Waals surface area contributed by atoms with Crippen LogP contribution in [0.25, 0.3) is 0 Å². The molecule has 2 bridgehead atoms. The Bertz CT molecular complexity index is 1210. The van der Waals surface area contributed by atoms with Crippen LogP contribution in [0, 0.1) is 62.6 Å². The van der Waals surface area contributed by atoms with Crippen molar-refractivity contribution in [2.75, 3.05) is 19.8 Å². The molecule has 1 unspecified atom stereocenters. The first kappa shape index (κ1) is 34.9. The van der Waals surface area contributed by atoms with Crippen LogP contribution in [0.1, 0.15) is 115 Å². The molecule has 5 rings (SSSR count). The summed E-state index contributed by atoms with van der Waals surface area (Å²) in [6.07, 6.45) is 7.55. The van der Waals surface area contributed by atoms with Crippen molar-refractivity contribution in [1.82, 2.24) is 0 Å². The summed E-state index contributed by atoms with van der Waals surface area (Å²) in [7, 11) is 0. The van der Waals surface area contributed by atoms with Crippen LogP contribution >= 0.6 is 0 Å². The van der Waals surface area contributed by atoms with Gasteiger partial charge in [-0.15, -0.1) is 0 Å². The normalized spacial score (nSPS) is 46.3. The van der Waals surface area contributed by atoms with Crippen molar-refractivity contribution in [3.8, 4) is 0 Å². The summed E-state index contributed by atoms with van der Waals surface area (Å²) in [6, 6.07) is 0. The second kappa shape index (κ2) is 11.3. The fourth-order valence-electron chi connectivity index (χ4n) is 11.7. The van der Waals surface area contributed by atoms with Gasteiger partial charge in [-0.2, -0.15) is 0 Å². The van der Waals surface area contributed by atoms with Crippen molar-refractivity contribution in [3.63, 3.8) is 0 Å². The molecule has 0 spiro atoms. The fraction of sp³-hybridized carbons (Fsp3) is 0.895. The third-order valence-electron chi connectivity index (χ3n) is 15.3. The Morgan fingerprint density at radius 1 is 1.04 bits per heavy atom. The van der Waals surface area contributed by atoms with Gasteiger partial charge in [0.25, 0.3) is 0 Å². The molecule has 0 radical (unpaired) electrons. The first-order valence-electron chi connectivity index (χ1n) is 17.9. The maximum absolute atomic E-state index is 13.6. The Balaban J connectivity index is 1.58. The summed E-state index contributed by atoms with van der Waals surface area (Å²) >= 11 is 0. The van der Waals surface area contributed by atoms with E-state index in [1.54, 1.807) is 0 Å². The van der Waals surface area contributed by atoms with Gasteiger partial charge >= 0.3 is 5.97 Å². The molecule has 3 saturated carbocycles. The number of esters is 1. The molecule has 1 heterocycles. The van der Waals surface area contributed by atoms with Crippen LogP contribution in [0.3, 0.4) is 0 Å². The van der Waals surface area contributed by atoms with E-state index in [0.717, 1.165) is 32.1 Å². The third-order valence-corrected chi connectivity index (χ3v) is 15.3. The minimum atomic E-state index is -0.497. The highest BCUT2D eigenvalue weighted by atomic mass is 16.6. The largest absolute Gasteiger partial charge is 0.460 e. The number of hydrogen-bond donors (Lipinski definition) is 2. The second-order valence-corrected chi connectivity index (χ2v) is 18.2. The van der Waals surface area contributed by atoms with Gasteiger partial charge in [-0.05, 0) is 91.3 Å². The minimum Gasteiger partial charge on any atom is -0.460 e. The summed E-state index contributed by atoms with van der Waals surface area (Å²) < 4.78 is 19.5. The molecule has 45 heavy (non-hydrogen) atoms. The lowest BCUT2D eigenvalue weighted by atomic mass is 9.34. The van der Waals surface area contributed by atoms with Crippen molar-refractivity contribution in [3.05, 3.63) is 11.6 Å². The van der Waals surface area contributed by atoms with Crippen molar-refractivity contribution in [2.45, 2.75) is 132 Å². The van der Waals surface area contributed by atoms with Gasteiger partial charge in [-0.1, -0.05) is 74.0 Å². The maximum Gasteiger partial charge on any atom is 0.302 e. The highest BCUT2D eigenvalue weighted by molar-refractivity contribution is 5.79. The third kappa shape index (κ3) is 4.98. The molecule has 4 fully saturated rings. The Morgan fingerprint density at radius 2 is 1.71 bits per heavy atom. The highest BCUT2D eigenvalue weighted by Gasteiger charge is 2.71. The number of hydrogen-bond acceptors (Lipinski definition) is 6. The number of primary amides is 1. The van der Waals surface area contributed by atoms with Gasteiger partial charge in [0.1, 0.15) is 12.2 Å². The number of allylic oxidation sites excluding steroid dienone is 1. The lowest BCUT2D eigenvalue weighted by Crippen LogP contribution is -2.70. The number of ether oxygens (including phenoxy) is 3. The average molecular weight is 629 g/mol. The van der Waals surface area contributed by atoms with Gasteiger partial charge in [0, 0.05) is 29.2 Å². The van der Waals surface area contributed by atoms with Crippen LogP contribution in [-0.4, -0.2) is 49.4 Å². The Labute approximate surface area is 273 Å². The number of carbonyl (C=O) groups excluding carboxylic acids is 2. The van der Waals surface area contributed by atoms with Gasteiger partial charge < -0.3 is 25.7 Å². The molecule has 1 saturated heterocycles. The molecule has 1 aliphatic heterocycles. The second-order valence-electron chi connectivity index (χ2n) is 18.2. The molecule has 1 amide bonds. The summed E-state index contributed by atoms with van der Waals surface area (Å²) in [5.74, 6) is 1.14. The number of nitrogens with two attached hydrogens (primary N) is 2.